The Morgan fingerprint density at radius 1 is 1.40 bits per heavy atom. The van der Waals surface area contributed by atoms with Crippen molar-refractivity contribution >= 4 is 39.1 Å². The van der Waals surface area contributed by atoms with E-state index in [-0.39, 0.29) is 23.2 Å². The van der Waals surface area contributed by atoms with Crippen molar-refractivity contribution in [3.05, 3.63) is 29.3 Å². The number of thioether (sulfide) groups is 1. The predicted molar refractivity (Wildman–Crippen MR) is 82.0 cm³/mol. The van der Waals surface area contributed by atoms with Gasteiger partial charge in [-0.1, -0.05) is 11.6 Å². The van der Waals surface area contributed by atoms with Crippen LogP contribution in [0, 0.1) is 0 Å². The zero-order valence-corrected chi connectivity index (χ0v) is 13.4. The van der Waals surface area contributed by atoms with E-state index in [2.05, 4.69) is 5.32 Å². The monoisotopic (exact) mass is 333 g/mol. The molecule has 1 aliphatic heterocycles. The lowest BCUT2D eigenvalue weighted by Gasteiger charge is -2.23. The van der Waals surface area contributed by atoms with E-state index in [4.69, 9.17) is 11.6 Å². The summed E-state index contributed by atoms with van der Waals surface area (Å²) in [5.41, 5.74) is -0.628. The van der Waals surface area contributed by atoms with Crippen LogP contribution in [0.2, 0.25) is 5.02 Å². The summed E-state index contributed by atoms with van der Waals surface area (Å²) < 4.78 is 22.9. The van der Waals surface area contributed by atoms with Gasteiger partial charge < -0.3 is 5.32 Å². The summed E-state index contributed by atoms with van der Waals surface area (Å²) in [7, 11) is -3.01. The largest absolute Gasteiger partial charge is 0.349 e. The number of sulfone groups is 1. The molecule has 1 aromatic rings. The van der Waals surface area contributed by atoms with Crippen LogP contribution in [-0.2, 0) is 14.6 Å². The zero-order valence-electron chi connectivity index (χ0n) is 11.1. The second-order valence-corrected chi connectivity index (χ2v) is 8.86. The second kappa shape index (κ2) is 5.95. The molecule has 20 heavy (non-hydrogen) atoms. The Hall–Kier alpha value is -0.720. The molecule has 1 aliphatic rings. The van der Waals surface area contributed by atoms with Gasteiger partial charge in [0.1, 0.15) is 0 Å². The first-order valence-electron chi connectivity index (χ1n) is 6.18. The van der Waals surface area contributed by atoms with E-state index in [0.717, 1.165) is 4.90 Å². The number of carbonyl (C=O) groups excluding carboxylic acids is 1. The molecule has 1 aromatic carbocycles. The van der Waals surface area contributed by atoms with Crippen molar-refractivity contribution < 1.29 is 13.2 Å². The Morgan fingerprint density at radius 3 is 2.60 bits per heavy atom. The lowest BCUT2D eigenvalue weighted by atomic mass is 10.0. The van der Waals surface area contributed by atoms with Crippen molar-refractivity contribution in [3.63, 3.8) is 0 Å². The van der Waals surface area contributed by atoms with Gasteiger partial charge in [-0.05, 0) is 37.6 Å². The van der Waals surface area contributed by atoms with Crippen LogP contribution in [0.5, 0.6) is 0 Å². The number of hydrogen-bond donors (Lipinski definition) is 1. The van der Waals surface area contributed by atoms with Crippen LogP contribution in [0.4, 0.5) is 0 Å². The molecule has 0 aromatic heterocycles. The van der Waals surface area contributed by atoms with Gasteiger partial charge >= 0.3 is 0 Å². The molecule has 1 N–H and O–H groups in total. The van der Waals surface area contributed by atoms with E-state index < -0.39 is 15.4 Å². The highest BCUT2D eigenvalue weighted by atomic mass is 35.5. The van der Waals surface area contributed by atoms with Gasteiger partial charge in [0.15, 0.2) is 9.84 Å². The summed E-state index contributed by atoms with van der Waals surface area (Å²) in [5, 5.41) is 3.48. The fourth-order valence-corrected chi connectivity index (χ4v) is 5.08. The molecule has 1 fully saturated rings. The average molecular weight is 334 g/mol. The number of rotatable bonds is 4. The SMILES string of the molecule is C[C@@]1(NC(=O)CSc2ccc(Cl)cc2)CCS(=O)(=O)C1. The lowest BCUT2D eigenvalue weighted by Crippen LogP contribution is -2.47. The maximum atomic E-state index is 11.9. The van der Waals surface area contributed by atoms with Gasteiger partial charge in [0, 0.05) is 9.92 Å². The third-order valence-corrected chi connectivity index (χ3v) is 6.30. The Bertz CT molecular complexity index is 601. The minimum Gasteiger partial charge on any atom is -0.349 e. The van der Waals surface area contributed by atoms with Crippen molar-refractivity contribution in [2.24, 2.45) is 0 Å². The highest BCUT2D eigenvalue weighted by Crippen LogP contribution is 2.24. The van der Waals surface area contributed by atoms with Gasteiger partial charge in [0.2, 0.25) is 5.91 Å². The van der Waals surface area contributed by atoms with Crippen LogP contribution in [-0.4, -0.2) is 37.1 Å². The lowest BCUT2D eigenvalue weighted by molar-refractivity contribution is -0.120. The van der Waals surface area contributed by atoms with Crippen LogP contribution in [0.25, 0.3) is 0 Å². The molecule has 0 aliphatic carbocycles. The molecule has 0 saturated carbocycles. The molecule has 1 atom stereocenters. The van der Waals surface area contributed by atoms with Gasteiger partial charge in [-0.15, -0.1) is 11.8 Å². The molecule has 110 valence electrons. The van der Waals surface area contributed by atoms with Gasteiger partial charge in [-0.2, -0.15) is 0 Å². The Labute approximate surface area is 128 Å². The Kier molecular flexibility index (Phi) is 4.66. The van der Waals surface area contributed by atoms with Crippen LogP contribution in [0.15, 0.2) is 29.2 Å². The third-order valence-electron chi connectivity index (χ3n) is 3.13. The normalized spacial score (nSPS) is 24.5. The van der Waals surface area contributed by atoms with Crippen LogP contribution in [0.3, 0.4) is 0 Å². The fourth-order valence-electron chi connectivity index (χ4n) is 2.16. The fraction of sp³-hybridized carbons (Fsp3) is 0.462. The quantitative estimate of drug-likeness (QED) is 0.857. The average Bonchev–Trinajstić information content (AvgIpc) is 2.62. The summed E-state index contributed by atoms with van der Waals surface area (Å²) in [6.07, 6.45) is 0.479. The smallest absolute Gasteiger partial charge is 0.230 e. The minimum atomic E-state index is -3.01. The second-order valence-electron chi connectivity index (χ2n) is 5.19. The maximum absolute atomic E-state index is 11.9. The summed E-state index contributed by atoms with van der Waals surface area (Å²) in [6.45, 7) is 1.78. The molecular formula is C13H16ClNO3S2. The molecule has 1 saturated heterocycles. The van der Waals surface area contributed by atoms with Crippen LogP contribution >= 0.6 is 23.4 Å². The van der Waals surface area contributed by atoms with Crippen LogP contribution < -0.4 is 5.32 Å². The first kappa shape index (κ1) is 15.7. The molecule has 7 heteroatoms. The number of halogens is 1. The maximum Gasteiger partial charge on any atom is 0.230 e. The highest BCUT2D eigenvalue weighted by molar-refractivity contribution is 8.00. The van der Waals surface area contributed by atoms with Crippen molar-refractivity contribution in [3.8, 4) is 0 Å². The molecule has 4 nitrogen and oxygen atoms in total. The molecule has 1 heterocycles. The Morgan fingerprint density at radius 2 is 2.05 bits per heavy atom. The first-order valence-corrected chi connectivity index (χ1v) is 9.36. The van der Waals surface area contributed by atoms with Crippen LogP contribution in [0.1, 0.15) is 13.3 Å². The van der Waals surface area contributed by atoms with E-state index in [1.165, 1.54) is 11.8 Å². The standard InChI is InChI=1S/C13H16ClNO3S2/c1-13(6-7-20(17,18)9-13)15-12(16)8-19-11-4-2-10(14)3-5-11/h2-5H,6-9H2,1H3,(H,15,16)/t13-/m1/s1. The molecule has 0 unspecified atom stereocenters. The number of nitrogens with one attached hydrogen (secondary N) is 1. The van der Waals surface area contributed by atoms with Gasteiger partial charge in [0.25, 0.3) is 0 Å². The summed E-state index contributed by atoms with van der Waals surface area (Å²) in [6, 6.07) is 7.24. The van der Waals surface area contributed by atoms with Gasteiger partial charge in [-0.3, -0.25) is 4.79 Å². The predicted octanol–water partition coefficient (Wildman–Crippen LogP) is 2.13. The molecule has 0 bridgehead atoms. The molecule has 2 rings (SSSR count). The minimum absolute atomic E-state index is 0.0252. The summed E-state index contributed by atoms with van der Waals surface area (Å²) in [5.74, 6) is 0.285. The molecular weight excluding hydrogens is 318 g/mol. The summed E-state index contributed by atoms with van der Waals surface area (Å²) >= 11 is 7.19. The van der Waals surface area contributed by atoms with E-state index in [9.17, 15) is 13.2 Å². The Balaban J connectivity index is 1.85. The first-order chi connectivity index (χ1) is 9.28. The zero-order chi connectivity index (χ0) is 14.8. The number of amides is 1. The van der Waals surface area contributed by atoms with E-state index in [1.807, 2.05) is 12.1 Å². The van der Waals surface area contributed by atoms with Crippen molar-refractivity contribution in [1.82, 2.24) is 5.32 Å². The summed E-state index contributed by atoms with van der Waals surface area (Å²) in [4.78, 5) is 12.9. The van der Waals surface area contributed by atoms with Crippen molar-refractivity contribution in [2.45, 2.75) is 23.8 Å². The van der Waals surface area contributed by atoms with Crippen molar-refractivity contribution in [1.29, 1.82) is 0 Å². The molecule has 0 spiro atoms. The molecule has 1 amide bonds. The van der Waals surface area contributed by atoms with E-state index in [1.54, 1.807) is 19.1 Å². The topological polar surface area (TPSA) is 63.2 Å². The van der Waals surface area contributed by atoms with Gasteiger partial charge in [-0.25, -0.2) is 8.42 Å². The third kappa shape index (κ3) is 4.40. The number of hydrogen-bond acceptors (Lipinski definition) is 4. The van der Waals surface area contributed by atoms with Crippen molar-refractivity contribution in [2.75, 3.05) is 17.3 Å². The van der Waals surface area contributed by atoms with Gasteiger partial charge in [0.05, 0.1) is 22.8 Å². The number of carbonyl (C=O) groups is 1. The molecule has 0 radical (unpaired) electrons. The van der Waals surface area contributed by atoms with E-state index in [0.29, 0.717) is 11.4 Å². The number of benzene rings is 1. The van der Waals surface area contributed by atoms with E-state index >= 15 is 0 Å². The highest BCUT2D eigenvalue weighted by Gasteiger charge is 2.39.